The topological polar surface area (TPSA) is 207 Å². The van der Waals surface area contributed by atoms with E-state index < -0.39 is 38.5 Å². The van der Waals surface area contributed by atoms with E-state index in [9.17, 15) is 22.8 Å². The van der Waals surface area contributed by atoms with Gasteiger partial charge in [-0.25, -0.2) is 23.4 Å². The minimum Gasteiger partial charge on any atom is -0.444 e. The zero-order valence-corrected chi connectivity index (χ0v) is 27.4. The largest absolute Gasteiger partial charge is 0.444 e. The third-order valence-corrected chi connectivity index (χ3v) is 8.87. The average Bonchev–Trinajstić information content (AvgIpc) is 2.90. The first-order valence-corrected chi connectivity index (χ1v) is 16.3. The van der Waals surface area contributed by atoms with E-state index in [1.165, 1.54) is 0 Å². The van der Waals surface area contributed by atoms with Gasteiger partial charge in [0.15, 0.2) is 0 Å². The van der Waals surface area contributed by atoms with E-state index in [0.29, 0.717) is 36.4 Å². The van der Waals surface area contributed by atoms with Gasteiger partial charge in [-0.05, 0) is 82.9 Å². The normalized spacial score (nSPS) is 18.3. The Hall–Kier alpha value is -2.52. The molecule has 0 radical (unpaired) electrons. The number of sulfonamides is 1. The Morgan fingerprint density at radius 3 is 2.23 bits per heavy atom. The zero-order chi connectivity index (χ0) is 32.4. The molecule has 0 aromatic heterocycles. The summed E-state index contributed by atoms with van der Waals surface area (Å²) in [4.78, 5) is 41.9. The second-order valence-electron chi connectivity index (χ2n) is 10.6. The molecule has 0 heterocycles. The van der Waals surface area contributed by atoms with Crippen molar-refractivity contribution >= 4 is 68.7 Å². The summed E-state index contributed by atoms with van der Waals surface area (Å²) >= 11 is 16.6. The Morgan fingerprint density at radius 2 is 1.67 bits per heavy atom. The van der Waals surface area contributed by atoms with Gasteiger partial charge in [-0.1, -0.05) is 52.5 Å². The number of aliphatic imine (C=N–C) groups is 1. The number of ether oxygens (including phenoxy) is 1. The van der Waals surface area contributed by atoms with Crippen LogP contribution in [0.2, 0.25) is 0 Å². The summed E-state index contributed by atoms with van der Waals surface area (Å²) in [7, 11) is -3.98. The Labute approximate surface area is 267 Å². The fourth-order valence-corrected chi connectivity index (χ4v) is 6.48. The fourth-order valence-electron chi connectivity index (χ4n) is 4.91. The number of hydrogen-bond acceptors (Lipinski definition) is 8. The van der Waals surface area contributed by atoms with Crippen LogP contribution in [0.3, 0.4) is 0 Å². The smallest absolute Gasteiger partial charge is 0.426 e. The lowest BCUT2D eigenvalue weighted by Crippen LogP contribution is -2.53. The van der Waals surface area contributed by atoms with Crippen LogP contribution in [0, 0.1) is 32.6 Å². The van der Waals surface area contributed by atoms with E-state index in [-0.39, 0.29) is 42.1 Å². The molecule has 1 aromatic carbocycles. The average molecular weight is 685 g/mol. The predicted octanol–water partition coefficient (Wildman–Crippen LogP) is 2.36. The standard InChI is InChI=1S/C26H40Cl3N7O6S/c1-15-11-16(2)21(17(3)12-15)43(40,41)36-24(31)32-10-4-5-20(23(38)34-35-25(39)42-14-26(27,28)29)33-22(37)19-8-6-18(13-30)7-9-19/h11-12,18-20H,4-10,13-14,30H2,1-3H3,(H,33,37)(H,34,38)(H,35,39)(H3,31,32,36)/t18?,19?,20-/m0/s1. The van der Waals surface area contributed by atoms with Crippen molar-refractivity contribution in [2.24, 2.45) is 28.3 Å². The molecule has 242 valence electrons. The summed E-state index contributed by atoms with van der Waals surface area (Å²) < 4.78 is 31.0. The second kappa shape index (κ2) is 16.5. The van der Waals surface area contributed by atoms with Crippen LogP contribution >= 0.6 is 34.8 Å². The predicted molar refractivity (Wildman–Crippen MR) is 166 cm³/mol. The maximum absolute atomic E-state index is 13.0. The molecule has 17 heteroatoms. The van der Waals surface area contributed by atoms with Crippen molar-refractivity contribution in [3.05, 3.63) is 28.8 Å². The van der Waals surface area contributed by atoms with Gasteiger partial charge in [-0.2, -0.15) is 0 Å². The van der Waals surface area contributed by atoms with Crippen molar-refractivity contribution in [3.63, 3.8) is 0 Å². The summed E-state index contributed by atoms with van der Waals surface area (Å²) in [5.41, 5.74) is 17.9. The highest BCUT2D eigenvalue weighted by molar-refractivity contribution is 7.90. The molecule has 8 N–H and O–H groups in total. The van der Waals surface area contributed by atoms with Gasteiger partial charge in [0.25, 0.3) is 15.9 Å². The van der Waals surface area contributed by atoms with Crippen molar-refractivity contribution in [1.82, 2.24) is 20.9 Å². The maximum Gasteiger partial charge on any atom is 0.426 e. The van der Waals surface area contributed by atoms with E-state index >= 15 is 0 Å². The molecule has 0 bridgehead atoms. The number of nitrogens with one attached hydrogen (secondary N) is 4. The van der Waals surface area contributed by atoms with E-state index in [0.717, 1.165) is 18.4 Å². The Bertz CT molecular complexity index is 1260. The molecular weight excluding hydrogens is 645 g/mol. The van der Waals surface area contributed by atoms with Gasteiger partial charge < -0.3 is 21.5 Å². The summed E-state index contributed by atoms with van der Waals surface area (Å²) in [6.45, 7) is 5.30. The Kier molecular flexibility index (Phi) is 14.1. The first kappa shape index (κ1) is 36.7. The highest BCUT2D eigenvalue weighted by Crippen LogP contribution is 2.28. The van der Waals surface area contributed by atoms with E-state index in [1.807, 2.05) is 12.3 Å². The first-order valence-electron chi connectivity index (χ1n) is 13.7. The number of amides is 3. The SMILES string of the molecule is Cc1cc(C)c(S(=O)(=O)NC(N)=NCCC[C@H](NC(=O)C2CCC(CN)CC2)C(=O)NNC(=O)OCC(Cl)(Cl)Cl)c(C)c1. The molecule has 0 aliphatic heterocycles. The first-order chi connectivity index (χ1) is 20.0. The lowest BCUT2D eigenvalue weighted by atomic mass is 9.81. The number of alkyl halides is 3. The highest BCUT2D eigenvalue weighted by Gasteiger charge is 2.29. The molecule has 13 nitrogen and oxygen atoms in total. The quantitative estimate of drug-likeness (QED) is 0.0669. The maximum atomic E-state index is 13.0. The second-order valence-corrected chi connectivity index (χ2v) is 14.7. The van der Waals surface area contributed by atoms with Crippen molar-refractivity contribution < 1.29 is 27.5 Å². The molecule has 43 heavy (non-hydrogen) atoms. The summed E-state index contributed by atoms with van der Waals surface area (Å²) in [5.74, 6) is -1.26. The molecule has 1 saturated carbocycles. The number of halogens is 3. The molecular formula is C26H40Cl3N7O6S. The third-order valence-electron chi connectivity index (χ3n) is 6.88. The fraction of sp³-hybridized carbons (Fsp3) is 0.615. The van der Waals surface area contributed by atoms with Crippen LogP contribution in [0.4, 0.5) is 4.79 Å². The third kappa shape index (κ3) is 12.5. The Morgan fingerprint density at radius 1 is 1.07 bits per heavy atom. The van der Waals surface area contributed by atoms with Gasteiger partial charge in [0.1, 0.15) is 12.6 Å². The molecule has 0 unspecified atom stereocenters. The molecule has 0 spiro atoms. The van der Waals surface area contributed by atoms with Crippen molar-refractivity contribution in [1.29, 1.82) is 0 Å². The number of rotatable bonds is 11. The van der Waals surface area contributed by atoms with Crippen molar-refractivity contribution in [2.45, 2.75) is 74.0 Å². The van der Waals surface area contributed by atoms with Gasteiger partial charge >= 0.3 is 6.09 Å². The minimum atomic E-state index is -3.98. The van der Waals surface area contributed by atoms with Gasteiger partial charge in [0.2, 0.25) is 15.7 Å². The van der Waals surface area contributed by atoms with E-state index in [4.69, 9.17) is 51.0 Å². The summed E-state index contributed by atoms with van der Waals surface area (Å²) in [5, 5.41) is 2.74. The monoisotopic (exact) mass is 683 g/mol. The number of nitrogens with two attached hydrogens (primary N) is 2. The van der Waals surface area contributed by atoms with Gasteiger partial charge in [-0.3, -0.25) is 20.0 Å². The molecule has 0 saturated heterocycles. The molecule has 1 atom stereocenters. The number of guanidine groups is 1. The van der Waals surface area contributed by atoms with E-state index in [2.05, 4.69) is 20.5 Å². The molecule has 3 amide bonds. The van der Waals surface area contributed by atoms with E-state index in [1.54, 1.807) is 26.0 Å². The van der Waals surface area contributed by atoms with Crippen molar-refractivity contribution in [2.75, 3.05) is 19.7 Å². The van der Waals surface area contributed by atoms with Crippen LogP contribution in [-0.4, -0.2) is 61.8 Å². The number of nitrogens with zero attached hydrogens (tertiary/aromatic N) is 1. The molecule has 2 rings (SSSR count). The molecule has 1 aliphatic rings. The van der Waals surface area contributed by atoms with Crippen LogP contribution in [0.1, 0.15) is 55.2 Å². The molecule has 1 aliphatic carbocycles. The van der Waals surface area contributed by atoms with Crippen LogP contribution in [0.25, 0.3) is 0 Å². The summed E-state index contributed by atoms with van der Waals surface area (Å²) in [6.07, 6.45) is 2.17. The minimum absolute atomic E-state index is 0.0419. The van der Waals surface area contributed by atoms with Crippen molar-refractivity contribution in [3.8, 4) is 0 Å². The van der Waals surface area contributed by atoms with Crippen LogP contribution in [0.5, 0.6) is 0 Å². The van der Waals surface area contributed by atoms with Crippen LogP contribution in [-0.2, 0) is 24.3 Å². The van der Waals surface area contributed by atoms with Gasteiger partial charge in [-0.15, -0.1) is 0 Å². The number of hydrogen-bond donors (Lipinski definition) is 6. The Balaban J connectivity index is 2.01. The van der Waals surface area contributed by atoms with Gasteiger partial charge in [0, 0.05) is 12.5 Å². The van der Waals surface area contributed by atoms with Crippen LogP contribution in [0.15, 0.2) is 22.0 Å². The number of benzene rings is 1. The molecule has 1 aromatic rings. The number of carbonyl (C=O) groups excluding carboxylic acids is 3. The van der Waals surface area contributed by atoms with Crippen LogP contribution < -0.4 is 32.4 Å². The highest BCUT2D eigenvalue weighted by atomic mass is 35.6. The number of aryl methyl sites for hydroxylation is 3. The number of carbonyl (C=O) groups is 3. The van der Waals surface area contributed by atoms with Gasteiger partial charge in [0.05, 0.1) is 4.90 Å². The zero-order valence-electron chi connectivity index (χ0n) is 24.3. The lowest BCUT2D eigenvalue weighted by molar-refractivity contribution is -0.132. The summed E-state index contributed by atoms with van der Waals surface area (Å²) in [6, 6.07) is 2.46. The molecule has 1 fully saturated rings. The lowest BCUT2D eigenvalue weighted by Gasteiger charge is -2.28. The number of hydrazine groups is 1.